The lowest BCUT2D eigenvalue weighted by molar-refractivity contribution is -0.127. The molecule has 6 nitrogen and oxygen atoms in total. The fraction of sp³-hybridized carbons (Fsp3) is 0.385. The molecule has 1 atom stereocenters. The van der Waals surface area contributed by atoms with Crippen LogP contribution in [0.5, 0.6) is 0 Å². The number of hydrogen-bond donors (Lipinski definition) is 2. The van der Waals surface area contributed by atoms with Gasteiger partial charge < -0.3 is 10.6 Å². The lowest BCUT2D eigenvalue weighted by Crippen LogP contribution is -2.37. The molecule has 0 saturated carbocycles. The first-order valence-corrected chi connectivity index (χ1v) is 8.32. The summed E-state index contributed by atoms with van der Waals surface area (Å²) >= 11 is 0. The van der Waals surface area contributed by atoms with Gasteiger partial charge in [0.25, 0.3) is 0 Å². The molecule has 0 radical (unpaired) electrons. The van der Waals surface area contributed by atoms with Crippen LogP contribution in [0.2, 0.25) is 0 Å². The minimum Gasteiger partial charge on any atom is -0.352 e. The van der Waals surface area contributed by atoms with Crippen LogP contribution in [0.4, 0.5) is 14.5 Å². The van der Waals surface area contributed by atoms with Gasteiger partial charge in [-0.2, -0.15) is 0 Å². The van der Waals surface area contributed by atoms with E-state index in [1.165, 1.54) is 0 Å². The van der Waals surface area contributed by atoms with E-state index in [4.69, 9.17) is 0 Å². The van der Waals surface area contributed by atoms with Crippen molar-refractivity contribution in [2.75, 3.05) is 16.8 Å². The summed E-state index contributed by atoms with van der Waals surface area (Å²) in [7, 11) is -3.14. The van der Waals surface area contributed by atoms with Crippen molar-refractivity contribution in [1.29, 1.82) is 0 Å². The van der Waals surface area contributed by atoms with Crippen molar-refractivity contribution in [3.63, 3.8) is 0 Å². The largest absolute Gasteiger partial charge is 0.352 e. The SMILES string of the molecule is O=C(CC(=O)NC1CCS(=O)(=O)C1)Nc1c(F)cccc1F. The molecule has 1 saturated heterocycles. The third kappa shape index (κ3) is 4.23. The molecule has 2 amide bonds. The molecule has 1 aromatic rings. The maximum Gasteiger partial charge on any atom is 0.233 e. The number of para-hydroxylation sites is 1. The normalized spacial score (nSPS) is 19.6. The number of nitrogens with one attached hydrogen (secondary N) is 2. The van der Waals surface area contributed by atoms with Gasteiger partial charge in [-0.05, 0) is 18.6 Å². The molecule has 2 N–H and O–H groups in total. The van der Waals surface area contributed by atoms with Crippen LogP contribution in [0, 0.1) is 11.6 Å². The predicted molar refractivity (Wildman–Crippen MR) is 74.8 cm³/mol. The molecule has 9 heteroatoms. The molecule has 1 unspecified atom stereocenters. The smallest absolute Gasteiger partial charge is 0.233 e. The number of carbonyl (C=O) groups excluding carboxylic acids is 2. The van der Waals surface area contributed by atoms with E-state index < -0.39 is 51.4 Å². The summed E-state index contributed by atoms with van der Waals surface area (Å²) in [5, 5.41) is 4.40. The first-order chi connectivity index (χ1) is 10.3. The number of benzene rings is 1. The Morgan fingerprint density at radius 3 is 2.36 bits per heavy atom. The Morgan fingerprint density at radius 2 is 1.82 bits per heavy atom. The lowest BCUT2D eigenvalue weighted by Gasteiger charge is -2.11. The maximum absolute atomic E-state index is 13.3. The quantitative estimate of drug-likeness (QED) is 0.790. The van der Waals surface area contributed by atoms with Crippen molar-refractivity contribution < 1.29 is 26.8 Å². The van der Waals surface area contributed by atoms with Gasteiger partial charge in [0.15, 0.2) is 9.84 Å². The van der Waals surface area contributed by atoms with Crippen LogP contribution >= 0.6 is 0 Å². The highest BCUT2D eigenvalue weighted by Crippen LogP contribution is 2.18. The van der Waals surface area contributed by atoms with Crippen molar-refractivity contribution in [1.82, 2.24) is 5.32 Å². The van der Waals surface area contributed by atoms with Crippen LogP contribution in [-0.4, -0.2) is 37.8 Å². The molecule has 0 aromatic heterocycles. The Hall–Kier alpha value is -2.03. The van der Waals surface area contributed by atoms with E-state index in [-0.39, 0.29) is 17.9 Å². The van der Waals surface area contributed by atoms with Gasteiger partial charge in [0.1, 0.15) is 23.7 Å². The predicted octanol–water partition coefficient (Wildman–Crippen LogP) is 0.597. The van der Waals surface area contributed by atoms with E-state index in [0.29, 0.717) is 0 Å². The van der Waals surface area contributed by atoms with Crippen molar-refractivity contribution >= 4 is 27.3 Å². The number of anilines is 1. The van der Waals surface area contributed by atoms with Gasteiger partial charge in [-0.1, -0.05) is 6.07 Å². The van der Waals surface area contributed by atoms with Gasteiger partial charge in [-0.25, -0.2) is 17.2 Å². The van der Waals surface area contributed by atoms with E-state index >= 15 is 0 Å². The highest BCUT2D eigenvalue weighted by molar-refractivity contribution is 7.91. The van der Waals surface area contributed by atoms with Crippen LogP contribution in [0.1, 0.15) is 12.8 Å². The second-order valence-corrected chi connectivity index (χ2v) is 7.22. The Labute approximate surface area is 125 Å². The molecule has 0 spiro atoms. The fourth-order valence-electron chi connectivity index (χ4n) is 2.13. The second-order valence-electron chi connectivity index (χ2n) is 4.99. The average Bonchev–Trinajstić information content (AvgIpc) is 2.73. The van der Waals surface area contributed by atoms with E-state index in [1.807, 2.05) is 5.32 Å². The molecule has 2 rings (SSSR count). The Bertz CT molecular complexity index is 686. The van der Waals surface area contributed by atoms with Crippen molar-refractivity contribution in [3.05, 3.63) is 29.8 Å². The summed E-state index contributed by atoms with van der Waals surface area (Å²) in [4.78, 5) is 23.2. The summed E-state index contributed by atoms with van der Waals surface area (Å²) in [6.07, 6.45) is -0.359. The average molecular weight is 332 g/mol. The van der Waals surface area contributed by atoms with Gasteiger partial charge >= 0.3 is 0 Å². The zero-order valence-electron chi connectivity index (χ0n) is 11.4. The lowest BCUT2D eigenvalue weighted by atomic mass is 10.2. The number of carbonyl (C=O) groups is 2. The Kier molecular flexibility index (Phi) is 4.74. The summed E-state index contributed by atoms with van der Waals surface area (Å²) in [5.74, 6) is -3.66. The second kappa shape index (κ2) is 6.39. The molecule has 22 heavy (non-hydrogen) atoms. The van der Waals surface area contributed by atoms with Crippen molar-refractivity contribution in [2.45, 2.75) is 18.9 Å². The van der Waals surface area contributed by atoms with Crippen molar-refractivity contribution in [3.8, 4) is 0 Å². The van der Waals surface area contributed by atoms with E-state index in [2.05, 4.69) is 5.32 Å². The fourth-order valence-corrected chi connectivity index (χ4v) is 3.81. The number of hydrogen-bond acceptors (Lipinski definition) is 4. The summed E-state index contributed by atoms with van der Waals surface area (Å²) in [6, 6.07) is 2.56. The van der Waals surface area contributed by atoms with Crippen LogP contribution < -0.4 is 10.6 Å². The molecule has 1 aromatic carbocycles. The van der Waals surface area contributed by atoms with E-state index in [9.17, 15) is 26.8 Å². The minimum atomic E-state index is -3.14. The maximum atomic E-state index is 13.3. The number of halogens is 2. The zero-order chi connectivity index (χ0) is 16.3. The topological polar surface area (TPSA) is 92.3 Å². The number of amides is 2. The Morgan fingerprint density at radius 1 is 1.18 bits per heavy atom. The monoisotopic (exact) mass is 332 g/mol. The van der Waals surface area contributed by atoms with Crippen molar-refractivity contribution in [2.24, 2.45) is 0 Å². The molecule has 1 heterocycles. The van der Waals surface area contributed by atoms with E-state index in [1.54, 1.807) is 0 Å². The summed E-state index contributed by atoms with van der Waals surface area (Å²) < 4.78 is 49.2. The molecular weight excluding hydrogens is 318 g/mol. The van der Waals surface area contributed by atoms with Gasteiger partial charge in [0.2, 0.25) is 11.8 Å². The van der Waals surface area contributed by atoms with Gasteiger partial charge in [-0.3, -0.25) is 9.59 Å². The highest BCUT2D eigenvalue weighted by atomic mass is 32.2. The molecule has 120 valence electrons. The van der Waals surface area contributed by atoms with Gasteiger partial charge in [0, 0.05) is 6.04 Å². The van der Waals surface area contributed by atoms with E-state index in [0.717, 1.165) is 18.2 Å². The molecule has 1 fully saturated rings. The first kappa shape index (κ1) is 16.3. The summed E-state index contributed by atoms with van der Waals surface area (Å²) in [6.45, 7) is 0. The molecular formula is C13H14F2N2O4S. The van der Waals surface area contributed by atoms with Crippen LogP contribution in [0.15, 0.2) is 18.2 Å². The molecule has 1 aliphatic heterocycles. The number of rotatable bonds is 4. The minimum absolute atomic E-state index is 0.00934. The standard InChI is InChI=1S/C13H14F2N2O4S/c14-9-2-1-3-10(15)13(9)17-12(19)6-11(18)16-8-4-5-22(20,21)7-8/h1-3,8H,4-7H2,(H,16,18)(H,17,19). The van der Waals surface area contributed by atoms with Gasteiger partial charge in [0.05, 0.1) is 11.5 Å². The highest BCUT2D eigenvalue weighted by Gasteiger charge is 2.29. The summed E-state index contributed by atoms with van der Waals surface area (Å²) in [5.41, 5.74) is -0.622. The number of sulfone groups is 1. The first-order valence-electron chi connectivity index (χ1n) is 6.50. The Balaban J connectivity index is 1.88. The van der Waals surface area contributed by atoms with Crippen LogP contribution in [-0.2, 0) is 19.4 Å². The molecule has 0 aliphatic carbocycles. The van der Waals surface area contributed by atoms with Crippen LogP contribution in [0.3, 0.4) is 0 Å². The third-order valence-corrected chi connectivity index (χ3v) is 4.91. The van der Waals surface area contributed by atoms with Crippen LogP contribution in [0.25, 0.3) is 0 Å². The third-order valence-electron chi connectivity index (χ3n) is 3.15. The van der Waals surface area contributed by atoms with Gasteiger partial charge in [-0.15, -0.1) is 0 Å². The molecule has 0 bridgehead atoms. The zero-order valence-corrected chi connectivity index (χ0v) is 12.3. The molecule has 1 aliphatic rings.